The lowest BCUT2D eigenvalue weighted by Crippen LogP contribution is -2.54. The first-order valence-electron chi connectivity index (χ1n) is 14.2. The van der Waals surface area contributed by atoms with Gasteiger partial charge < -0.3 is 10.2 Å². The van der Waals surface area contributed by atoms with Gasteiger partial charge in [-0.25, -0.2) is 12.8 Å². The van der Waals surface area contributed by atoms with Crippen LogP contribution in [0.2, 0.25) is 0 Å². The van der Waals surface area contributed by atoms with Crippen molar-refractivity contribution < 1.29 is 22.4 Å². The van der Waals surface area contributed by atoms with E-state index in [-0.39, 0.29) is 35.2 Å². The molecule has 0 fully saturated rings. The third-order valence-corrected chi connectivity index (χ3v) is 9.01. The van der Waals surface area contributed by atoms with E-state index in [0.29, 0.717) is 6.42 Å². The first-order valence-corrected chi connectivity index (χ1v) is 15.6. The third-order valence-electron chi connectivity index (χ3n) is 7.22. The monoisotopic (exact) mass is 601 g/mol. The molecule has 4 aromatic rings. The predicted octanol–water partition coefficient (Wildman–Crippen LogP) is 5.58. The summed E-state index contributed by atoms with van der Waals surface area (Å²) >= 11 is 0. The molecule has 0 spiro atoms. The van der Waals surface area contributed by atoms with Gasteiger partial charge in [-0.3, -0.25) is 13.9 Å². The standard InChI is InChI=1S/C34H36FN3O4S/c1-3-26(2)36-34(40)32(23-27-15-7-4-8-16-27)37(24-28-17-13-14-22-31(28)35)33(39)25-38(29-18-9-5-10-19-29)43(41,42)30-20-11-6-12-21-30/h4-22,26,32H,3,23-25H2,1-2H3,(H,36,40)/t26-,32+/m0/s1. The topological polar surface area (TPSA) is 86.8 Å². The highest BCUT2D eigenvalue weighted by Crippen LogP contribution is 2.25. The van der Waals surface area contributed by atoms with Crippen molar-refractivity contribution in [3.8, 4) is 0 Å². The van der Waals surface area contributed by atoms with Crippen molar-refractivity contribution in [2.75, 3.05) is 10.8 Å². The molecule has 2 amide bonds. The number of carbonyl (C=O) groups is 2. The number of halogens is 1. The first-order chi connectivity index (χ1) is 20.7. The Balaban J connectivity index is 1.79. The third kappa shape index (κ3) is 8.08. The van der Waals surface area contributed by atoms with Crippen molar-refractivity contribution in [1.82, 2.24) is 10.2 Å². The average Bonchev–Trinajstić information content (AvgIpc) is 3.03. The summed E-state index contributed by atoms with van der Waals surface area (Å²) in [5.41, 5.74) is 1.30. The van der Waals surface area contributed by atoms with Gasteiger partial charge in [-0.2, -0.15) is 0 Å². The molecule has 9 heteroatoms. The van der Waals surface area contributed by atoms with Crippen LogP contribution in [0.4, 0.5) is 10.1 Å². The highest BCUT2D eigenvalue weighted by molar-refractivity contribution is 7.92. The Bertz CT molecular complexity index is 1600. The maximum atomic E-state index is 15.0. The summed E-state index contributed by atoms with van der Waals surface area (Å²) in [4.78, 5) is 29.4. The summed E-state index contributed by atoms with van der Waals surface area (Å²) in [7, 11) is -4.18. The summed E-state index contributed by atoms with van der Waals surface area (Å²) in [6.45, 7) is 2.97. The van der Waals surface area contributed by atoms with Crippen molar-refractivity contribution in [3.05, 3.63) is 132 Å². The highest BCUT2D eigenvalue weighted by atomic mass is 32.2. The minimum absolute atomic E-state index is 0.0163. The Kier molecular flexibility index (Phi) is 10.7. The maximum absolute atomic E-state index is 15.0. The second-order valence-electron chi connectivity index (χ2n) is 10.3. The number of sulfonamides is 1. The molecule has 0 radical (unpaired) electrons. The minimum atomic E-state index is -4.18. The fourth-order valence-corrected chi connectivity index (χ4v) is 6.08. The van der Waals surface area contributed by atoms with E-state index in [4.69, 9.17) is 0 Å². The summed E-state index contributed by atoms with van der Waals surface area (Å²) in [5, 5.41) is 2.97. The van der Waals surface area contributed by atoms with E-state index in [9.17, 15) is 22.4 Å². The molecule has 0 saturated heterocycles. The van der Waals surface area contributed by atoms with Crippen LogP contribution in [-0.2, 0) is 32.6 Å². The molecule has 0 aliphatic rings. The van der Waals surface area contributed by atoms with Gasteiger partial charge in [0, 0.05) is 24.6 Å². The van der Waals surface area contributed by atoms with Gasteiger partial charge in [0.15, 0.2) is 0 Å². The molecule has 4 aromatic carbocycles. The van der Waals surface area contributed by atoms with E-state index < -0.39 is 40.2 Å². The van der Waals surface area contributed by atoms with Crippen molar-refractivity contribution in [2.45, 2.75) is 50.2 Å². The maximum Gasteiger partial charge on any atom is 0.264 e. The largest absolute Gasteiger partial charge is 0.352 e. The van der Waals surface area contributed by atoms with Crippen molar-refractivity contribution in [1.29, 1.82) is 0 Å². The van der Waals surface area contributed by atoms with Crippen LogP contribution >= 0.6 is 0 Å². The van der Waals surface area contributed by atoms with Crippen LogP contribution in [0, 0.1) is 5.82 Å². The molecule has 1 N–H and O–H groups in total. The van der Waals surface area contributed by atoms with Gasteiger partial charge >= 0.3 is 0 Å². The van der Waals surface area contributed by atoms with Gasteiger partial charge in [-0.05, 0) is 49.2 Å². The smallest absolute Gasteiger partial charge is 0.264 e. The van der Waals surface area contributed by atoms with Crippen LogP contribution < -0.4 is 9.62 Å². The quantitative estimate of drug-likeness (QED) is 0.217. The van der Waals surface area contributed by atoms with Crippen LogP contribution in [-0.4, -0.2) is 43.8 Å². The van der Waals surface area contributed by atoms with Crippen LogP contribution in [0.1, 0.15) is 31.4 Å². The Morgan fingerprint density at radius 1 is 0.814 bits per heavy atom. The molecule has 0 aliphatic heterocycles. The zero-order chi connectivity index (χ0) is 30.8. The molecule has 7 nitrogen and oxygen atoms in total. The Hall–Kier alpha value is -4.50. The zero-order valence-electron chi connectivity index (χ0n) is 24.3. The van der Waals surface area contributed by atoms with Crippen LogP contribution in [0.3, 0.4) is 0 Å². The SMILES string of the molecule is CC[C@H](C)NC(=O)[C@@H](Cc1ccccc1)N(Cc1ccccc1F)C(=O)CN(c1ccccc1)S(=O)(=O)c1ccccc1. The molecule has 0 saturated carbocycles. The highest BCUT2D eigenvalue weighted by Gasteiger charge is 2.35. The first kappa shape index (κ1) is 31.4. The number of para-hydroxylation sites is 1. The number of anilines is 1. The van der Waals surface area contributed by atoms with Crippen molar-refractivity contribution in [2.24, 2.45) is 0 Å². The van der Waals surface area contributed by atoms with Gasteiger partial charge in [0.05, 0.1) is 10.6 Å². The molecule has 0 unspecified atom stereocenters. The average molecular weight is 602 g/mol. The number of nitrogens with one attached hydrogen (secondary N) is 1. The van der Waals surface area contributed by atoms with Crippen LogP contribution in [0.15, 0.2) is 120 Å². The summed E-state index contributed by atoms with van der Waals surface area (Å²) in [6, 6.07) is 30.2. The van der Waals surface area contributed by atoms with Crippen LogP contribution in [0.25, 0.3) is 0 Å². The van der Waals surface area contributed by atoms with Gasteiger partial charge in [-0.15, -0.1) is 0 Å². The Morgan fingerprint density at radius 2 is 1.37 bits per heavy atom. The summed E-state index contributed by atoms with van der Waals surface area (Å²) < 4.78 is 43.8. The Labute approximate surface area is 253 Å². The van der Waals surface area contributed by atoms with Crippen LogP contribution in [0.5, 0.6) is 0 Å². The second-order valence-corrected chi connectivity index (χ2v) is 12.2. The fourth-order valence-electron chi connectivity index (χ4n) is 4.65. The van der Waals surface area contributed by atoms with E-state index in [2.05, 4.69) is 5.32 Å². The molecule has 0 aliphatic carbocycles. The van der Waals surface area contributed by atoms with Gasteiger partial charge in [0.2, 0.25) is 11.8 Å². The number of carbonyl (C=O) groups excluding carboxylic acids is 2. The van der Waals surface area contributed by atoms with Crippen molar-refractivity contribution >= 4 is 27.5 Å². The molecular formula is C34H36FN3O4S. The molecule has 0 bridgehead atoms. The molecule has 4 rings (SSSR count). The number of amides is 2. The van der Waals surface area contributed by atoms with E-state index in [0.717, 1.165) is 9.87 Å². The molecular weight excluding hydrogens is 565 g/mol. The summed E-state index contributed by atoms with van der Waals surface area (Å²) in [6.07, 6.45) is 0.822. The number of hydrogen-bond donors (Lipinski definition) is 1. The molecule has 43 heavy (non-hydrogen) atoms. The molecule has 0 heterocycles. The predicted molar refractivity (Wildman–Crippen MR) is 166 cm³/mol. The fraction of sp³-hybridized carbons (Fsp3) is 0.235. The number of hydrogen-bond acceptors (Lipinski definition) is 4. The summed E-state index contributed by atoms with van der Waals surface area (Å²) in [5.74, 6) is -1.58. The number of benzene rings is 4. The van der Waals surface area contributed by atoms with Crippen molar-refractivity contribution in [3.63, 3.8) is 0 Å². The van der Waals surface area contributed by atoms with E-state index >= 15 is 0 Å². The number of nitrogens with zero attached hydrogens (tertiary/aromatic N) is 2. The Morgan fingerprint density at radius 3 is 1.98 bits per heavy atom. The molecule has 2 atom stereocenters. The lowest BCUT2D eigenvalue weighted by atomic mass is 10.0. The second kappa shape index (κ2) is 14.6. The van der Waals surface area contributed by atoms with Gasteiger partial charge in [0.25, 0.3) is 10.0 Å². The lowest BCUT2D eigenvalue weighted by Gasteiger charge is -2.34. The number of rotatable bonds is 13. The van der Waals surface area contributed by atoms with E-state index in [1.165, 1.54) is 23.1 Å². The zero-order valence-corrected chi connectivity index (χ0v) is 25.1. The normalized spacial score (nSPS) is 12.6. The van der Waals surface area contributed by atoms with E-state index in [1.54, 1.807) is 66.7 Å². The minimum Gasteiger partial charge on any atom is -0.352 e. The van der Waals surface area contributed by atoms with Gasteiger partial charge in [0.1, 0.15) is 18.4 Å². The molecule has 0 aromatic heterocycles. The van der Waals surface area contributed by atoms with E-state index in [1.807, 2.05) is 44.2 Å². The molecule has 224 valence electrons. The van der Waals surface area contributed by atoms with Gasteiger partial charge in [-0.1, -0.05) is 91.9 Å². The lowest BCUT2D eigenvalue weighted by molar-refractivity contribution is -0.140.